The van der Waals surface area contributed by atoms with Crippen LogP contribution in [0.15, 0.2) is 24.3 Å². The molecule has 100 valence electrons. The van der Waals surface area contributed by atoms with E-state index in [1.165, 1.54) is 30.6 Å². The Hall–Kier alpha value is -0.860. The largest absolute Gasteiger partial charge is 0.330 e. The van der Waals surface area contributed by atoms with Crippen LogP contribution in [0, 0.1) is 12.8 Å². The highest BCUT2D eigenvalue weighted by Crippen LogP contribution is 2.27. The Morgan fingerprint density at radius 1 is 1.28 bits per heavy atom. The molecule has 2 N–H and O–H groups in total. The maximum Gasteiger partial charge on any atom is 0.00734 e. The van der Waals surface area contributed by atoms with Gasteiger partial charge in [0, 0.05) is 18.5 Å². The molecule has 18 heavy (non-hydrogen) atoms. The second-order valence-corrected chi connectivity index (χ2v) is 6.38. The number of hydrogen-bond acceptors (Lipinski definition) is 2. The number of nitrogens with zero attached hydrogens (tertiary/aromatic N) is 1. The van der Waals surface area contributed by atoms with Gasteiger partial charge in [-0.25, -0.2) is 0 Å². The zero-order valence-electron chi connectivity index (χ0n) is 11.9. The number of hydrogen-bond donors (Lipinski definition) is 1. The first-order valence-corrected chi connectivity index (χ1v) is 7.01. The first-order valence-electron chi connectivity index (χ1n) is 7.01. The number of rotatable bonds is 4. The minimum atomic E-state index is 0.219. The molecule has 1 fully saturated rings. The third-order valence-corrected chi connectivity index (χ3v) is 4.16. The molecule has 2 heteroatoms. The lowest BCUT2D eigenvalue weighted by Gasteiger charge is -2.31. The van der Waals surface area contributed by atoms with Crippen molar-refractivity contribution in [2.75, 3.05) is 26.2 Å². The van der Waals surface area contributed by atoms with Crippen molar-refractivity contribution in [3.8, 4) is 0 Å². The minimum Gasteiger partial charge on any atom is -0.330 e. The monoisotopic (exact) mass is 246 g/mol. The molecule has 1 aliphatic heterocycles. The molecule has 0 spiro atoms. The molecule has 2 nitrogen and oxygen atoms in total. The van der Waals surface area contributed by atoms with Crippen LogP contribution in [0.2, 0.25) is 0 Å². The predicted octanol–water partition coefficient (Wildman–Crippen LogP) is 2.55. The van der Waals surface area contributed by atoms with E-state index in [9.17, 15) is 0 Å². The molecule has 0 bridgehead atoms. The summed E-state index contributed by atoms with van der Waals surface area (Å²) in [6, 6.07) is 8.96. The maximum absolute atomic E-state index is 5.76. The Labute approximate surface area is 111 Å². The molecular weight excluding hydrogens is 220 g/mol. The van der Waals surface area contributed by atoms with Gasteiger partial charge in [-0.1, -0.05) is 43.7 Å². The highest BCUT2D eigenvalue weighted by molar-refractivity contribution is 5.27. The zero-order chi connectivity index (χ0) is 13.2. The summed E-state index contributed by atoms with van der Waals surface area (Å²) in [5.74, 6) is 0.707. The molecule has 0 saturated carbocycles. The lowest BCUT2D eigenvalue weighted by atomic mass is 9.84. The lowest BCUT2D eigenvalue weighted by Crippen LogP contribution is -2.36. The third kappa shape index (κ3) is 3.12. The van der Waals surface area contributed by atoms with Crippen molar-refractivity contribution in [1.82, 2.24) is 4.90 Å². The molecule has 1 saturated heterocycles. The Bertz CT molecular complexity index is 381. The normalized spacial score (nSPS) is 21.4. The van der Waals surface area contributed by atoms with E-state index in [0.29, 0.717) is 5.92 Å². The highest BCUT2D eigenvalue weighted by atomic mass is 15.2. The number of aryl methyl sites for hydroxylation is 1. The van der Waals surface area contributed by atoms with Crippen LogP contribution in [0.3, 0.4) is 0 Å². The standard InChI is InChI=1S/C16H26N2/c1-13-4-6-15(7-5-13)16(2,3)12-18-9-8-14(10-17)11-18/h4-7,14H,8-12,17H2,1-3H3. The molecule has 0 radical (unpaired) electrons. The van der Waals surface area contributed by atoms with E-state index >= 15 is 0 Å². The van der Waals surface area contributed by atoms with E-state index in [0.717, 1.165) is 13.1 Å². The van der Waals surface area contributed by atoms with Crippen molar-refractivity contribution in [1.29, 1.82) is 0 Å². The smallest absolute Gasteiger partial charge is 0.00734 e. The Morgan fingerprint density at radius 3 is 2.50 bits per heavy atom. The molecule has 0 amide bonds. The Morgan fingerprint density at radius 2 is 1.94 bits per heavy atom. The van der Waals surface area contributed by atoms with Crippen molar-refractivity contribution in [3.05, 3.63) is 35.4 Å². The van der Waals surface area contributed by atoms with Crippen molar-refractivity contribution in [3.63, 3.8) is 0 Å². The van der Waals surface area contributed by atoms with Crippen LogP contribution in [0.1, 0.15) is 31.4 Å². The summed E-state index contributed by atoms with van der Waals surface area (Å²) in [5, 5.41) is 0. The molecule has 2 rings (SSSR count). The number of benzene rings is 1. The predicted molar refractivity (Wildman–Crippen MR) is 77.8 cm³/mol. The summed E-state index contributed by atoms with van der Waals surface area (Å²) in [4.78, 5) is 2.57. The van der Waals surface area contributed by atoms with E-state index < -0.39 is 0 Å². The lowest BCUT2D eigenvalue weighted by molar-refractivity contribution is 0.261. The third-order valence-electron chi connectivity index (χ3n) is 4.16. The van der Waals surface area contributed by atoms with Crippen molar-refractivity contribution < 1.29 is 0 Å². The second kappa shape index (κ2) is 5.41. The van der Waals surface area contributed by atoms with Crippen LogP contribution in [0.4, 0.5) is 0 Å². The summed E-state index contributed by atoms with van der Waals surface area (Å²) in [6.07, 6.45) is 1.26. The molecular formula is C16H26N2. The zero-order valence-corrected chi connectivity index (χ0v) is 11.9. The van der Waals surface area contributed by atoms with Crippen LogP contribution in [0.5, 0.6) is 0 Å². The fourth-order valence-electron chi connectivity index (χ4n) is 2.90. The number of likely N-dealkylation sites (tertiary alicyclic amines) is 1. The fourth-order valence-corrected chi connectivity index (χ4v) is 2.90. The summed E-state index contributed by atoms with van der Waals surface area (Å²) in [7, 11) is 0. The minimum absolute atomic E-state index is 0.219. The van der Waals surface area contributed by atoms with Crippen LogP contribution in [-0.2, 0) is 5.41 Å². The van der Waals surface area contributed by atoms with E-state index in [-0.39, 0.29) is 5.41 Å². The first-order chi connectivity index (χ1) is 8.51. The van der Waals surface area contributed by atoms with Crippen LogP contribution < -0.4 is 5.73 Å². The molecule has 1 unspecified atom stereocenters. The van der Waals surface area contributed by atoms with Gasteiger partial charge in [-0.2, -0.15) is 0 Å². The van der Waals surface area contributed by atoms with Gasteiger partial charge in [0.05, 0.1) is 0 Å². The van der Waals surface area contributed by atoms with E-state index in [1.54, 1.807) is 0 Å². The molecule has 1 heterocycles. The van der Waals surface area contributed by atoms with Gasteiger partial charge in [-0.05, 0) is 37.9 Å². The van der Waals surface area contributed by atoms with Crippen molar-refractivity contribution in [2.45, 2.75) is 32.6 Å². The molecule has 1 aliphatic rings. The van der Waals surface area contributed by atoms with E-state index in [4.69, 9.17) is 5.73 Å². The second-order valence-electron chi connectivity index (χ2n) is 6.38. The number of nitrogens with two attached hydrogens (primary N) is 1. The van der Waals surface area contributed by atoms with E-state index in [2.05, 4.69) is 49.9 Å². The average Bonchev–Trinajstić information content (AvgIpc) is 2.76. The Balaban J connectivity index is 2.01. The van der Waals surface area contributed by atoms with Gasteiger partial charge in [0.1, 0.15) is 0 Å². The van der Waals surface area contributed by atoms with Crippen molar-refractivity contribution in [2.24, 2.45) is 11.7 Å². The van der Waals surface area contributed by atoms with E-state index in [1.807, 2.05) is 0 Å². The highest BCUT2D eigenvalue weighted by Gasteiger charge is 2.28. The molecule has 1 atom stereocenters. The van der Waals surface area contributed by atoms with Crippen molar-refractivity contribution >= 4 is 0 Å². The topological polar surface area (TPSA) is 29.3 Å². The van der Waals surface area contributed by atoms with Gasteiger partial charge in [-0.3, -0.25) is 0 Å². The first kappa shape index (κ1) is 13.6. The van der Waals surface area contributed by atoms with Crippen LogP contribution in [-0.4, -0.2) is 31.1 Å². The van der Waals surface area contributed by atoms with Gasteiger partial charge >= 0.3 is 0 Å². The SMILES string of the molecule is Cc1ccc(C(C)(C)CN2CCC(CN)C2)cc1. The van der Waals surface area contributed by atoms with Gasteiger partial charge < -0.3 is 10.6 Å². The fraction of sp³-hybridized carbons (Fsp3) is 0.625. The summed E-state index contributed by atoms with van der Waals surface area (Å²) in [5.41, 5.74) is 8.75. The molecule has 1 aromatic carbocycles. The Kier molecular flexibility index (Phi) is 4.08. The van der Waals surface area contributed by atoms with Gasteiger partial charge in [0.25, 0.3) is 0 Å². The summed E-state index contributed by atoms with van der Waals surface area (Å²) < 4.78 is 0. The quantitative estimate of drug-likeness (QED) is 0.884. The molecule has 0 aromatic heterocycles. The summed E-state index contributed by atoms with van der Waals surface area (Å²) >= 11 is 0. The average molecular weight is 246 g/mol. The molecule has 0 aliphatic carbocycles. The van der Waals surface area contributed by atoms with Gasteiger partial charge in [0.2, 0.25) is 0 Å². The maximum atomic E-state index is 5.76. The van der Waals surface area contributed by atoms with Crippen LogP contribution in [0.25, 0.3) is 0 Å². The summed E-state index contributed by atoms with van der Waals surface area (Å²) in [6.45, 7) is 11.2. The van der Waals surface area contributed by atoms with Crippen LogP contribution >= 0.6 is 0 Å². The molecule has 1 aromatic rings. The van der Waals surface area contributed by atoms with Gasteiger partial charge in [-0.15, -0.1) is 0 Å². The van der Waals surface area contributed by atoms with Gasteiger partial charge in [0.15, 0.2) is 0 Å².